The molecule has 0 aromatic carbocycles. The van der Waals surface area contributed by atoms with Crippen LogP contribution in [-0.2, 0) is 10.9 Å². The molecule has 1 rings (SSSR count). The molecule has 78 valence electrons. The molecular weight excluding hydrogens is 186 g/mol. The van der Waals surface area contributed by atoms with Crippen LogP contribution in [0.1, 0.15) is 39.0 Å². The van der Waals surface area contributed by atoms with E-state index in [1.54, 1.807) is 0 Å². The standard InChI is InChI=1S/C9H19NO2S/c1-8(9-5-6-9)4-2-3-7-10-13(11)12/h8-9,13H,2-7H2,1H3,(H,10,11,12). The summed E-state index contributed by atoms with van der Waals surface area (Å²) in [5, 5.41) is 0. The number of rotatable bonds is 7. The molecule has 0 bridgehead atoms. The van der Waals surface area contributed by atoms with E-state index < -0.39 is 10.9 Å². The van der Waals surface area contributed by atoms with Crippen LogP contribution in [0, 0.1) is 11.8 Å². The normalized spacial score (nSPS) is 19.2. The van der Waals surface area contributed by atoms with Gasteiger partial charge in [-0.05, 0) is 31.1 Å². The van der Waals surface area contributed by atoms with Gasteiger partial charge in [-0.3, -0.25) is 0 Å². The van der Waals surface area contributed by atoms with Crippen LogP contribution in [0.25, 0.3) is 0 Å². The van der Waals surface area contributed by atoms with E-state index in [1.165, 1.54) is 19.3 Å². The van der Waals surface area contributed by atoms with Crippen LogP contribution in [-0.4, -0.2) is 15.0 Å². The fourth-order valence-corrected chi connectivity index (χ4v) is 2.00. The van der Waals surface area contributed by atoms with Crippen LogP contribution in [0.15, 0.2) is 0 Å². The molecule has 1 N–H and O–H groups in total. The number of hydrogen-bond donors (Lipinski definition) is 2. The second-order valence-corrected chi connectivity index (χ2v) is 4.81. The summed E-state index contributed by atoms with van der Waals surface area (Å²) >= 11 is 0. The quantitative estimate of drug-likeness (QED) is 0.486. The maximum absolute atomic E-state index is 10.1. The number of nitrogens with one attached hydrogen (secondary N) is 1. The Morgan fingerprint density at radius 1 is 1.38 bits per heavy atom. The van der Waals surface area contributed by atoms with Gasteiger partial charge in [-0.1, -0.05) is 19.8 Å². The third kappa shape index (κ3) is 5.26. The van der Waals surface area contributed by atoms with Crippen molar-refractivity contribution in [2.75, 3.05) is 6.54 Å². The van der Waals surface area contributed by atoms with E-state index >= 15 is 0 Å². The molecule has 0 saturated heterocycles. The molecular formula is C9H19NO2S. The van der Waals surface area contributed by atoms with Gasteiger partial charge in [0.2, 0.25) is 10.9 Å². The first-order valence-corrected chi connectivity index (χ1v) is 6.26. The van der Waals surface area contributed by atoms with Crippen molar-refractivity contribution < 1.29 is 8.42 Å². The molecule has 13 heavy (non-hydrogen) atoms. The zero-order valence-electron chi connectivity index (χ0n) is 8.16. The van der Waals surface area contributed by atoms with Crippen LogP contribution in [0.2, 0.25) is 0 Å². The Morgan fingerprint density at radius 3 is 2.62 bits per heavy atom. The molecule has 0 heterocycles. The molecule has 0 aromatic heterocycles. The zero-order chi connectivity index (χ0) is 9.68. The largest absolute Gasteiger partial charge is 0.218 e. The van der Waals surface area contributed by atoms with Crippen LogP contribution in [0.3, 0.4) is 0 Å². The molecule has 4 heteroatoms. The maximum Gasteiger partial charge on any atom is 0.201 e. The summed E-state index contributed by atoms with van der Waals surface area (Å²) in [6.07, 6.45) is 6.19. The average molecular weight is 205 g/mol. The lowest BCUT2D eigenvalue weighted by molar-refractivity contribution is 0.445. The number of hydrogen-bond acceptors (Lipinski definition) is 2. The van der Waals surface area contributed by atoms with E-state index in [0.717, 1.165) is 24.7 Å². The third-order valence-electron chi connectivity index (χ3n) is 2.75. The Morgan fingerprint density at radius 2 is 2.08 bits per heavy atom. The van der Waals surface area contributed by atoms with Crippen molar-refractivity contribution in [2.24, 2.45) is 11.8 Å². The van der Waals surface area contributed by atoms with Crippen molar-refractivity contribution in [3.05, 3.63) is 0 Å². The average Bonchev–Trinajstić information content (AvgIpc) is 2.85. The van der Waals surface area contributed by atoms with Gasteiger partial charge in [0, 0.05) is 6.54 Å². The predicted molar refractivity (Wildman–Crippen MR) is 54.1 cm³/mol. The molecule has 0 spiro atoms. The first-order chi connectivity index (χ1) is 6.20. The Kier molecular flexibility index (Phi) is 4.73. The molecule has 3 nitrogen and oxygen atoms in total. The smallest absolute Gasteiger partial charge is 0.201 e. The zero-order valence-corrected chi connectivity index (χ0v) is 9.06. The minimum absolute atomic E-state index is 0.607. The van der Waals surface area contributed by atoms with Crippen molar-refractivity contribution in [2.45, 2.75) is 39.0 Å². The fraction of sp³-hybridized carbons (Fsp3) is 1.00. The summed E-state index contributed by atoms with van der Waals surface area (Å²) in [7, 11) is -2.38. The molecule has 0 aromatic rings. The summed E-state index contributed by atoms with van der Waals surface area (Å²) < 4.78 is 22.7. The van der Waals surface area contributed by atoms with Crippen molar-refractivity contribution in [1.82, 2.24) is 4.72 Å². The van der Waals surface area contributed by atoms with E-state index in [2.05, 4.69) is 11.6 Å². The number of thiol groups is 1. The molecule has 1 aliphatic rings. The van der Waals surface area contributed by atoms with E-state index in [1.807, 2.05) is 0 Å². The highest BCUT2D eigenvalue weighted by Gasteiger charge is 2.26. The van der Waals surface area contributed by atoms with Crippen molar-refractivity contribution in [1.29, 1.82) is 0 Å². The van der Waals surface area contributed by atoms with Gasteiger partial charge in [0.05, 0.1) is 0 Å². The molecule has 1 saturated carbocycles. The topological polar surface area (TPSA) is 46.2 Å². The highest BCUT2D eigenvalue weighted by Crippen LogP contribution is 2.38. The lowest BCUT2D eigenvalue weighted by atomic mass is 9.99. The van der Waals surface area contributed by atoms with Gasteiger partial charge in [0.25, 0.3) is 0 Å². The van der Waals surface area contributed by atoms with Crippen molar-refractivity contribution in [3.8, 4) is 0 Å². The summed E-state index contributed by atoms with van der Waals surface area (Å²) in [5.41, 5.74) is 0. The summed E-state index contributed by atoms with van der Waals surface area (Å²) in [4.78, 5) is 0. The first kappa shape index (κ1) is 11.0. The van der Waals surface area contributed by atoms with Gasteiger partial charge in [0.15, 0.2) is 0 Å². The SMILES string of the molecule is CC(CCCCN[SH](=O)=O)C1CC1. The highest BCUT2D eigenvalue weighted by atomic mass is 32.2. The van der Waals surface area contributed by atoms with E-state index in [4.69, 9.17) is 0 Å². The minimum atomic E-state index is -2.38. The molecule has 1 unspecified atom stereocenters. The second-order valence-electron chi connectivity index (χ2n) is 3.98. The lowest BCUT2D eigenvalue weighted by Crippen LogP contribution is -2.12. The molecule has 0 aliphatic heterocycles. The Hall–Kier alpha value is -0.0900. The summed E-state index contributed by atoms with van der Waals surface area (Å²) in [6.45, 7) is 2.91. The Labute approximate surface area is 82.0 Å². The van der Waals surface area contributed by atoms with Crippen LogP contribution in [0.4, 0.5) is 0 Å². The summed E-state index contributed by atoms with van der Waals surface area (Å²) in [6, 6.07) is 0. The van der Waals surface area contributed by atoms with Gasteiger partial charge >= 0.3 is 0 Å². The molecule has 1 aliphatic carbocycles. The monoisotopic (exact) mass is 205 g/mol. The van der Waals surface area contributed by atoms with Crippen LogP contribution >= 0.6 is 0 Å². The maximum atomic E-state index is 10.1. The predicted octanol–water partition coefficient (Wildman–Crippen LogP) is 1.32. The van der Waals surface area contributed by atoms with E-state index in [9.17, 15) is 8.42 Å². The summed E-state index contributed by atoms with van der Waals surface area (Å²) in [5.74, 6) is 1.82. The van der Waals surface area contributed by atoms with E-state index in [0.29, 0.717) is 6.54 Å². The molecule has 1 atom stereocenters. The minimum Gasteiger partial charge on any atom is -0.218 e. The first-order valence-electron chi connectivity index (χ1n) is 5.08. The van der Waals surface area contributed by atoms with Crippen LogP contribution < -0.4 is 4.72 Å². The van der Waals surface area contributed by atoms with Gasteiger partial charge in [-0.15, -0.1) is 0 Å². The van der Waals surface area contributed by atoms with Crippen molar-refractivity contribution >= 4 is 10.9 Å². The lowest BCUT2D eigenvalue weighted by Gasteiger charge is -2.08. The Bertz CT molecular complexity index is 204. The Balaban J connectivity index is 1.88. The number of unbranched alkanes of at least 4 members (excludes halogenated alkanes) is 1. The van der Waals surface area contributed by atoms with Gasteiger partial charge in [-0.25, -0.2) is 13.1 Å². The van der Waals surface area contributed by atoms with Crippen molar-refractivity contribution in [3.63, 3.8) is 0 Å². The van der Waals surface area contributed by atoms with Gasteiger partial charge < -0.3 is 0 Å². The third-order valence-corrected chi connectivity index (χ3v) is 3.24. The van der Waals surface area contributed by atoms with Gasteiger partial charge in [-0.2, -0.15) is 0 Å². The van der Waals surface area contributed by atoms with Gasteiger partial charge in [0.1, 0.15) is 0 Å². The second kappa shape index (κ2) is 5.60. The fourth-order valence-electron chi connectivity index (χ4n) is 1.66. The molecule has 1 fully saturated rings. The van der Waals surface area contributed by atoms with Crippen LogP contribution in [0.5, 0.6) is 0 Å². The molecule has 0 amide bonds. The van der Waals surface area contributed by atoms with E-state index in [-0.39, 0.29) is 0 Å². The highest BCUT2D eigenvalue weighted by molar-refractivity contribution is 7.70. The molecule has 0 radical (unpaired) electrons.